The molecule has 10 heteroatoms. The monoisotopic (exact) mass is 455 g/mol. The highest BCUT2D eigenvalue weighted by molar-refractivity contribution is 6.69. The average Bonchev–Trinajstić information content (AvgIpc) is 2.65. The highest BCUT2D eigenvalue weighted by Crippen LogP contribution is 2.26. The van der Waals surface area contributed by atoms with E-state index in [0.717, 1.165) is 42.2 Å². The fraction of sp³-hybridized carbons (Fsp3) is 1.00. The van der Waals surface area contributed by atoms with Gasteiger partial charge in [0.15, 0.2) is 0 Å². The second-order valence-electron chi connectivity index (χ2n) is 6.43. The van der Waals surface area contributed by atoms with E-state index in [1.54, 1.807) is 0 Å². The molecular weight excluding hydrogens is 410 g/mol. The molecule has 0 aromatic rings. The van der Waals surface area contributed by atoms with Crippen LogP contribution in [0.15, 0.2) is 0 Å². The van der Waals surface area contributed by atoms with Gasteiger partial charge in [0.25, 0.3) is 0 Å². The Morgan fingerprint density at radius 1 is 0.679 bits per heavy atom. The van der Waals surface area contributed by atoms with Gasteiger partial charge in [-0.25, -0.2) is 0 Å². The summed E-state index contributed by atoms with van der Waals surface area (Å²) in [5.74, 6) is 0. The number of rotatable bonds is 20. The molecule has 0 amide bonds. The van der Waals surface area contributed by atoms with Crippen LogP contribution in [0.5, 0.6) is 0 Å². The summed E-state index contributed by atoms with van der Waals surface area (Å²) in [7, 11) is -4.09. The summed E-state index contributed by atoms with van der Waals surface area (Å²) in [4.78, 5) is 0. The van der Waals surface area contributed by atoms with E-state index in [1.807, 2.05) is 41.5 Å². The quantitative estimate of drug-likeness (QED) is 0.223. The van der Waals surface area contributed by atoms with Crippen molar-refractivity contribution >= 4 is 27.9 Å². The molecule has 1 atom stereocenters. The van der Waals surface area contributed by atoms with Gasteiger partial charge in [-0.15, -0.1) is 0 Å². The van der Waals surface area contributed by atoms with Crippen LogP contribution in [0, 0.1) is 0 Å². The van der Waals surface area contributed by atoms with E-state index in [4.69, 9.17) is 26.6 Å². The van der Waals surface area contributed by atoms with Crippen LogP contribution in [-0.2, 0) is 26.6 Å². The van der Waals surface area contributed by atoms with Crippen molar-refractivity contribution < 1.29 is 26.6 Å². The molecular formula is C18H45NO6Si3. The SMILES string of the molecule is CCO[Si](CCCNCCC([SiH3])[Si](OCC)(OCC)OCC)(OCC)OCC. The second-order valence-corrected chi connectivity index (χ2v) is 14.8. The molecule has 0 rings (SSSR count). The summed E-state index contributed by atoms with van der Waals surface area (Å²) in [6, 6.07) is 0.843. The molecule has 0 aliphatic heterocycles. The molecule has 0 aromatic heterocycles. The third-order valence-corrected chi connectivity index (χ3v) is 13.7. The smallest absolute Gasteiger partial charge is 0.374 e. The normalized spacial score (nSPS) is 13.9. The molecule has 1 N–H and O–H groups in total. The van der Waals surface area contributed by atoms with Crippen molar-refractivity contribution in [1.82, 2.24) is 5.32 Å². The molecule has 0 spiro atoms. The van der Waals surface area contributed by atoms with Crippen molar-refractivity contribution in [3.63, 3.8) is 0 Å². The van der Waals surface area contributed by atoms with E-state index >= 15 is 0 Å². The molecule has 0 heterocycles. The molecule has 0 bridgehead atoms. The Morgan fingerprint density at radius 3 is 1.50 bits per heavy atom. The van der Waals surface area contributed by atoms with E-state index < -0.39 is 17.6 Å². The maximum atomic E-state index is 6.03. The topological polar surface area (TPSA) is 67.4 Å². The number of hydrogen-bond acceptors (Lipinski definition) is 7. The first-order valence-electron chi connectivity index (χ1n) is 11.0. The Balaban J connectivity index is 4.43. The van der Waals surface area contributed by atoms with Crippen molar-refractivity contribution in [2.75, 3.05) is 52.7 Å². The van der Waals surface area contributed by atoms with Gasteiger partial charge in [-0.1, -0.05) is 0 Å². The lowest BCUT2D eigenvalue weighted by Gasteiger charge is -2.33. The number of nitrogens with one attached hydrogen (secondary N) is 1. The summed E-state index contributed by atoms with van der Waals surface area (Å²) in [5, 5.41) is 3.94. The Labute approximate surface area is 178 Å². The second kappa shape index (κ2) is 17.1. The standard InChI is InChI=1S/C18H45NO6Si3/c1-7-20-27(21-8-2,22-9-3)17-13-15-19-16-14-18(26)28(23-10-4,24-11-5)25-12-6/h18-19H,7-17H2,1-6,26H3. The maximum absolute atomic E-state index is 6.03. The number of hydrogen-bond donors (Lipinski definition) is 1. The summed E-state index contributed by atoms with van der Waals surface area (Å²) >= 11 is 0. The highest BCUT2D eigenvalue weighted by atomic mass is 28.4. The Morgan fingerprint density at radius 2 is 1.11 bits per heavy atom. The van der Waals surface area contributed by atoms with Crippen molar-refractivity contribution in [3.05, 3.63) is 0 Å². The van der Waals surface area contributed by atoms with Gasteiger partial charge in [0, 0.05) is 61.1 Å². The largest absolute Gasteiger partial charge is 0.500 e. The van der Waals surface area contributed by atoms with Crippen LogP contribution < -0.4 is 5.32 Å². The maximum Gasteiger partial charge on any atom is 0.500 e. The Bertz CT molecular complexity index is 334. The van der Waals surface area contributed by atoms with Gasteiger partial charge in [-0.05, 0) is 67.5 Å². The molecule has 28 heavy (non-hydrogen) atoms. The van der Waals surface area contributed by atoms with Gasteiger partial charge in [-0.3, -0.25) is 0 Å². The van der Waals surface area contributed by atoms with Crippen molar-refractivity contribution in [1.29, 1.82) is 0 Å². The average molecular weight is 456 g/mol. The lowest BCUT2D eigenvalue weighted by Crippen LogP contribution is -2.51. The molecule has 0 radical (unpaired) electrons. The zero-order valence-corrected chi connectivity index (χ0v) is 23.3. The van der Waals surface area contributed by atoms with Crippen molar-refractivity contribution in [3.8, 4) is 0 Å². The molecule has 1 unspecified atom stereocenters. The van der Waals surface area contributed by atoms with Crippen LogP contribution in [0.4, 0.5) is 0 Å². The summed E-state index contributed by atoms with van der Waals surface area (Å²) in [5.41, 5.74) is 0. The van der Waals surface area contributed by atoms with Crippen LogP contribution in [0.3, 0.4) is 0 Å². The molecule has 0 saturated heterocycles. The molecule has 0 aliphatic rings. The zero-order chi connectivity index (χ0) is 21.3. The van der Waals surface area contributed by atoms with Crippen molar-refractivity contribution in [2.24, 2.45) is 0 Å². The third-order valence-electron chi connectivity index (χ3n) is 4.32. The summed E-state index contributed by atoms with van der Waals surface area (Å²) in [6.07, 6.45) is 1.99. The van der Waals surface area contributed by atoms with E-state index in [2.05, 4.69) is 5.32 Å². The predicted octanol–water partition coefficient (Wildman–Crippen LogP) is 2.15. The van der Waals surface area contributed by atoms with Crippen LogP contribution >= 0.6 is 0 Å². The first-order valence-corrected chi connectivity index (χ1v) is 15.9. The zero-order valence-electron chi connectivity index (χ0n) is 19.3. The molecule has 0 aromatic carbocycles. The van der Waals surface area contributed by atoms with Crippen LogP contribution in [0.2, 0.25) is 11.2 Å². The Hall–Kier alpha value is 0.371. The minimum Gasteiger partial charge on any atom is -0.374 e. The van der Waals surface area contributed by atoms with E-state index in [-0.39, 0.29) is 0 Å². The van der Waals surface area contributed by atoms with E-state index in [1.165, 1.54) is 0 Å². The van der Waals surface area contributed by atoms with E-state index in [0.29, 0.717) is 44.8 Å². The Kier molecular flexibility index (Phi) is 17.3. The lowest BCUT2D eigenvalue weighted by molar-refractivity contribution is 0.0673. The fourth-order valence-electron chi connectivity index (χ4n) is 3.21. The van der Waals surface area contributed by atoms with Gasteiger partial charge in [0.1, 0.15) is 0 Å². The first kappa shape index (κ1) is 28.4. The summed E-state index contributed by atoms with van der Waals surface area (Å²) < 4.78 is 35.8. The minimum absolute atomic E-state index is 0.392. The third kappa shape index (κ3) is 10.4. The van der Waals surface area contributed by atoms with Crippen LogP contribution in [-0.4, -0.2) is 80.6 Å². The van der Waals surface area contributed by atoms with E-state index in [9.17, 15) is 0 Å². The molecule has 170 valence electrons. The minimum atomic E-state index is -2.56. The highest BCUT2D eigenvalue weighted by Gasteiger charge is 2.46. The molecule has 0 saturated carbocycles. The van der Waals surface area contributed by atoms with Gasteiger partial charge >= 0.3 is 17.6 Å². The summed E-state index contributed by atoms with van der Waals surface area (Å²) in [6.45, 7) is 17.7. The van der Waals surface area contributed by atoms with Gasteiger partial charge in [0.2, 0.25) is 0 Å². The van der Waals surface area contributed by atoms with Gasteiger partial charge in [0.05, 0.1) is 0 Å². The van der Waals surface area contributed by atoms with Gasteiger partial charge in [-0.2, -0.15) is 0 Å². The molecule has 0 aliphatic carbocycles. The first-order chi connectivity index (χ1) is 13.5. The predicted molar refractivity (Wildman–Crippen MR) is 122 cm³/mol. The van der Waals surface area contributed by atoms with Crippen molar-refractivity contribution in [2.45, 2.75) is 65.6 Å². The molecule has 0 fully saturated rings. The molecule has 7 nitrogen and oxygen atoms in total. The van der Waals surface area contributed by atoms with Crippen LogP contribution in [0.1, 0.15) is 54.4 Å². The fourth-order valence-corrected chi connectivity index (χ4v) is 10.4. The lowest BCUT2D eigenvalue weighted by atomic mass is 10.4. The van der Waals surface area contributed by atoms with Crippen LogP contribution in [0.25, 0.3) is 0 Å². The van der Waals surface area contributed by atoms with Gasteiger partial charge < -0.3 is 31.9 Å².